The van der Waals surface area contributed by atoms with Crippen molar-refractivity contribution in [2.45, 2.75) is 33.1 Å². The molecule has 0 radical (unpaired) electrons. The number of aromatic nitrogens is 2. The molecule has 2 rings (SSSR count). The Morgan fingerprint density at radius 1 is 1.15 bits per heavy atom. The summed E-state index contributed by atoms with van der Waals surface area (Å²) >= 11 is 0. The van der Waals surface area contributed by atoms with Gasteiger partial charge in [-0.25, -0.2) is 0 Å². The predicted molar refractivity (Wildman–Crippen MR) is 106 cm³/mol. The molecule has 0 aliphatic heterocycles. The summed E-state index contributed by atoms with van der Waals surface area (Å²) in [6.45, 7) is 7.73. The average molecular weight is 358 g/mol. The van der Waals surface area contributed by atoms with E-state index in [4.69, 9.17) is 4.52 Å². The molecule has 2 N–H and O–H groups in total. The van der Waals surface area contributed by atoms with Crippen LogP contribution < -0.4 is 15.5 Å². The lowest BCUT2D eigenvalue weighted by molar-refractivity contribution is 0.372. The Morgan fingerprint density at radius 3 is 2.50 bits per heavy atom. The van der Waals surface area contributed by atoms with E-state index in [1.165, 1.54) is 5.69 Å². The van der Waals surface area contributed by atoms with Gasteiger partial charge in [-0.05, 0) is 38.8 Å². The maximum absolute atomic E-state index is 5.11. The van der Waals surface area contributed by atoms with Crippen LogP contribution in [0.3, 0.4) is 0 Å². The number of anilines is 1. The van der Waals surface area contributed by atoms with Crippen molar-refractivity contribution in [3.8, 4) is 0 Å². The van der Waals surface area contributed by atoms with Gasteiger partial charge in [0.25, 0.3) is 0 Å². The number of nitrogens with one attached hydrogen (secondary N) is 2. The van der Waals surface area contributed by atoms with Crippen molar-refractivity contribution in [3.63, 3.8) is 0 Å². The lowest BCUT2D eigenvalue weighted by Gasteiger charge is -2.23. The summed E-state index contributed by atoms with van der Waals surface area (Å²) in [5, 5.41) is 10.5. The molecule has 0 saturated heterocycles. The number of guanidine groups is 1. The fourth-order valence-electron chi connectivity index (χ4n) is 2.69. The Bertz CT molecular complexity index is 655. The minimum atomic E-state index is 0.682. The van der Waals surface area contributed by atoms with Gasteiger partial charge in [0.2, 0.25) is 5.89 Å². The van der Waals surface area contributed by atoms with Gasteiger partial charge in [-0.15, -0.1) is 0 Å². The Labute approximate surface area is 155 Å². The van der Waals surface area contributed by atoms with Crippen molar-refractivity contribution < 1.29 is 4.52 Å². The predicted octanol–water partition coefficient (Wildman–Crippen LogP) is 2.39. The number of para-hydroxylation sites is 1. The Hall–Kier alpha value is -2.57. The summed E-state index contributed by atoms with van der Waals surface area (Å²) in [4.78, 5) is 10.8. The summed E-state index contributed by atoms with van der Waals surface area (Å²) in [6, 6.07) is 10.5. The lowest BCUT2D eigenvalue weighted by atomic mass is 10.2. The first-order chi connectivity index (χ1) is 12.7. The molecule has 26 heavy (non-hydrogen) atoms. The first-order valence-corrected chi connectivity index (χ1v) is 9.26. The number of aryl methyl sites for hydroxylation is 2. The molecule has 1 heterocycles. The number of aliphatic imine (C=N–C) groups is 1. The molecule has 0 atom stereocenters. The minimum Gasteiger partial charge on any atom is -0.372 e. The summed E-state index contributed by atoms with van der Waals surface area (Å²) < 4.78 is 5.11. The van der Waals surface area contributed by atoms with Crippen LogP contribution in [0.1, 0.15) is 31.5 Å². The van der Waals surface area contributed by atoms with E-state index in [1.54, 1.807) is 7.05 Å². The number of rotatable bonds is 10. The zero-order valence-corrected chi connectivity index (χ0v) is 16.0. The van der Waals surface area contributed by atoms with Crippen LogP contribution in [-0.2, 0) is 6.42 Å². The molecule has 1 aromatic heterocycles. The van der Waals surface area contributed by atoms with Gasteiger partial charge in [-0.3, -0.25) is 4.99 Å². The molecule has 0 bridgehead atoms. The third-order valence-corrected chi connectivity index (χ3v) is 4.05. The van der Waals surface area contributed by atoms with Crippen LogP contribution in [0.15, 0.2) is 39.8 Å². The molecule has 0 spiro atoms. The molecule has 0 amide bonds. The van der Waals surface area contributed by atoms with E-state index in [2.05, 4.69) is 61.9 Å². The van der Waals surface area contributed by atoms with Crippen LogP contribution >= 0.6 is 0 Å². The number of nitrogens with zero attached hydrogens (tertiary/aromatic N) is 4. The SMILES string of the molecule is CCN(CCCNC(=NC)NCCCc1nc(C)no1)c1ccccc1. The maximum Gasteiger partial charge on any atom is 0.226 e. The molecule has 0 aliphatic carbocycles. The van der Waals surface area contributed by atoms with Gasteiger partial charge in [0.15, 0.2) is 11.8 Å². The monoisotopic (exact) mass is 358 g/mol. The van der Waals surface area contributed by atoms with Crippen LogP contribution in [0, 0.1) is 6.92 Å². The van der Waals surface area contributed by atoms with Crippen molar-refractivity contribution in [1.29, 1.82) is 0 Å². The van der Waals surface area contributed by atoms with Crippen LogP contribution in [0.25, 0.3) is 0 Å². The zero-order chi connectivity index (χ0) is 18.6. The van der Waals surface area contributed by atoms with Gasteiger partial charge in [0.05, 0.1) is 0 Å². The first-order valence-electron chi connectivity index (χ1n) is 9.26. The van der Waals surface area contributed by atoms with Gasteiger partial charge >= 0.3 is 0 Å². The van der Waals surface area contributed by atoms with Crippen molar-refractivity contribution >= 4 is 11.6 Å². The number of hydrogen-bond acceptors (Lipinski definition) is 5. The van der Waals surface area contributed by atoms with Gasteiger partial charge in [0.1, 0.15) is 0 Å². The second-order valence-corrected chi connectivity index (χ2v) is 6.03. The number of hydrogen-bond donors (Lipinski definition) is 2. The van der Waals surface area contributed by atoms with E-state index in [0.717, 1.165) is 51.4 Å². The van der Waals surface area contributed by atoms with Crippen LogP contribution in [-0.4, -0.2) is 49.3 Å². The van der Waals surface area contributed by atoms with Crippen molar-refractivity contribution in [3.05, 3.63) is 42.0 Å². The van der Waals surface area contributed by atoms with E-state index < -0.39 is 0 Å². The maximum atomic E-state index is 5.11. The normalized spacial score (nSPS) is 11.4. The second-order valence-electron chi connectivity index (χ2n) is 6.03. The topological polar surface area (TPSA) is 78.6 Å². The zero-order valence-electron chi connectivity index (χ0n) is 16.0. The first kappa shape index (κ1) is 19.8. The van der Waals surface area contributed by atoms with E-state index >= 15 is 0 Å². The van der Waals surface area contributed by atoms with Crippen LogP contribution in [0.4, 0.5) is 5.69 Å². The van der Waals surface area contributed by atoms with E-state index in [9.17, 15) is 0 Å². The highest BCUT2D eigenvalue weighted by Gasteiger charge is 2.04. The van der Waals surface area contributed by atoms with Crippen LogP contribution in [0.5, 0.6) is 0 Å². The summed E-state index contributed by atoms with van der Waals surface area (Å²) in [5.41, 5.74) is 1.27. The average Bonchev–Trinajstić information content (AvgIpc) is 3.09. The molecule has 0 unspecified atom stereocenters. The minimum absolute atomic E-state index is 0.682. The molecule has 0 fully saturated rings. The molecule has 0 saturated carbocycles. The highest BCUT2D eigenvalue weighted by Crippen LogP contribution is 2.12. The molecule has 0 aliphatic rings. The van der Waals surface area contributed by atoms with Gasteiger partial charge < -0.3 is 20.1 Å². The van der Waals surface area contributed by atoms with E-state index in [1.807, 2.05) is 13.0 Å². The van der Waals surface area contributed by atoms with Gasteiger partial charge in [-0.2, -0.15) is 4.98 Å². The van der Waals surface area contributed by atoms with E-state index in [-0.39, 0.29) is 0 Å². The quantitative estimate of drug-likeness (QED) is 0.386. The molecule has 2 aromatic rings. The van der Waals surface area contributed by atoms with Gasteiger partial charge in [0, 0.05) is 45.3 Å². The Balaban J connectivity index is 1.60. The van der Waals surface area contributed by atoms with Crippen molar-refractivity contribution in [2.75, 3.05) is 38.1 Å². The smallest absolute Gasteiger partial charge is 0.226 e. The molecule has 7 heteroatoms. The third-order valence-electron chi connectivity index (χ3n) is 4.05. The summed E-state index contributed by atoms with van der Waals surface area (Å²) in [5.74, 6) is 2.20. The number of benzene rings is 1. The Morgan fingerprint density at radius 2 is 1.88 bits per heavy atom. The van der Waals surface area contributed by atoms with Gasteiger partial charge in [-0.1, -0.05) is 23.4 Å². The molecule has 1 aromatic carbocycles. The highest BCUT2D eigenvalue weighted by atomic mass is 16.5. The van der Waals surface area contributed by atoms with Crippen molar-refractivity contribution in [2.24, 2.45) is 4.99 Å². The fraction of sp³-hybridized carbons (Fsp3) is 0.526. The van der Waals surface area contributed by atoms with Crippen molar-refractivity contribution in [1.82, 2.24) is 20.8 Å². The molecule has 7 nitrogen and oxygen atoms in total. The highest BCUT2D eigenvalue weighted by molar-refractivity contribution is 5.79. The summed E-state index contributed by atoms with van der Waals surface area (Å²) in [7, 11) is 1.79. The molecular weight excluding hydrogens is 328 g/mol. The molecule has 142 valence electrons. The third kappa shape index (κ3) is 6.74. The Kier molecular flexibility index (Phi) is 8.45. The summed E-state index contributed by atoms with van der Waals surface area (Å²) in [6.07, 6.45) is 2.73. The largest absolute Gasteiger partial charge is 0.372 e. The standard InChI is InChI=1S/C19H30N6O/c1-4-25(17-10-6-5-7-11-17)15-9-14-22-19(20-3)21-13-8-12-18-23-16(2)24-26-18/h5-7,10-11H,4,8-9,12-15H2,1-3H3,(H2,20,21,22). The second kappa shape index (κ2) is 11.1. The van der Waals surface area contributed by atoms with Crippen LogP contribution in [0.2, 0.25) is 0 Å². The fourth-order valence-corrected chi connectivity index (χ4v) is 2.69. The molecular formula is C19H30N6O. The lowest BCUT2D eigenvalue weighted by Crippen LogP contribution is -2.39. The van der Waals surface area contributed by atoms with E-state index in [0.29, 0.717) is 11.7 Å².